The van der Waals surface area contributed by atoms with Crippen molar-refractivity contribution >= 4 is 22.6 Å². The molecule has 1 aliphatic heterocycles. The molecule has 1 aromatic carbocycles. The van der Waals surface area contributed by atoms with Crippen LogP contribution < -0.4 is 26.3 Å². The number of nitrogens with one attached hydrogen (secondary N) is 1. The maximum absolute atomic E-state index is 14.2. The number of carbonyl (C=O) groups is 2. The van der Waals surface area contributed by atoms with E-state index in [9.17, 15) is 14.0 Å². The third-order valence-electron chi connectivity index (χ3n) is 7.37. The van der Waals surface area contributed by atoms with Gasteiger partial charge in [0, 0.05) is 28.8 Å². The van der Waals surface area contributed by atoms with Gasteiger partial charge in [0.15, 0.2) is 6.17 Å². The molecule has 2 aromatic rings. The maximum atomic E-state index is 14.2. The first-order valence-electron chi connectivity index (χ1n) is 12.5. The summed E-state index contributed by atoms with van der Waals surface area (Å²) in [5.74, 6) is 6.30. The SMILES string of the molecule is CC[C@@H]1[C@H](F)C(=O)N[C@@H]1COc1ncc(C#CC2CCC(CN)CC2)c2cc(C(N)=O)c(OC)cc12. The standard InChI is InChI=1S/C27H33FN4O4/c1-3-18-22(32-26(34)24(18)28)14-36-27-20-11-23(35-2)21(25(30)33)10-19(20)17(13-31-27)9-8-15-4-6-16(12-29)7-5-15/h10-11,13,15-16,18,22,24H,3-7,12,14,29H2,1-2H3,(H2,30,33)(H,32,34)/t15?,16?,18-,22+,24-/m0/s1. The van der Waals surface area contributed by atoms with Crippen LogP contribution in [-0.2, 0) is 4.79 Å². The molecule has 0 spiro atoms. The molecule has 2 heterocycles. The number of primary amides is 1. The van der Waals surface area contributed by atoms with Crippen LogP contribution in [0.3, 0.4) is 0 Å². The van der Waals surface area contributed by atoms with Gasteiger partial charge in [0.25, 0.3) is 11.8 Å². The minimum atomic E-state index is -1.55. The van der Waals surface area contributed by atoms with E-state index in [0.717, 1.165) is 25.7 Å². The average molecular weight is 497 g/mol. The second-order valence-corrected chi connectivity index (χ2v) is 9.56. The monoisotopic (exact) mass is 496 g/mol. The maximum Gasteiger partial charge on any atom is 0.255 e. The van der Waals surface area contributed by atoms with E-state index in [0.29, 0.717) is 35.2 Å². The number of nitrogens with zero attached hydrogens (tertiary/aromatic N) is 1. The fourth-order valence-corrected chi connectivity index (χ4v) is 5.13. The summed E-state index contributed by atoms with van der Waals surface area (Å²) in [5, 5.41) is 3.91. The fraction of sp³-hybridized carbons (Fsp3) is 0.519. The van der Waals surface area contributed by atoms with Gasteiger partial charge in [-0.25, -0.2) is 9.37 Å². The third-order valence-corrected chi connectivity index (χ3v) is 7.37. The molecule has 8 nitrogen and oxygen atoms in total. The number of alkyl halides is 1. The second kappa shape index (κ2) is 11.1. The van der Waals surface area contributed by atoms with E-state index >= 15 is 0 Å². The van der Waals surface area contributed by atoms with Crippen LogP contribution in [0.1, 0.15) is 54.9 Å². The van der Waals surface area contributed by atoms with Crippen LogP contribution in [-0.4, -0.2) is 49.3 Å². The van der Waals surface area contributed by atoms with Gasteiger partial charge in [-0.15, -0.1) is 0 Å². The summed E-state index contributed by atoms with van der Waals surface area (Å²) in [6, 6.07) is 2.83. The molecule has 2 amide bonds. The summed E-state index contributed by atoms with van der Waals surface area (Å²) in [6.07, 6.45) is 4.70. The molecule has 4 rings (SSSR count). The van der Waals surface area contributed by atoms with Crippen molar-refractivity contribution in [3.8, 4) is 23.5 Å². The Bertz CT molecular complexity index is 1200. The zero-order valence-electron chi connectivity index (χ0n) is 20.7. The van der Waals surface area contributed by atoms with Gasteiger partial charge in [0.05, 0.1) is 24.3 Å². The van der Waals surface area contributed by atoms with Crippen LogP contribution in [0, 0.1) is 29.6 Å². The van der Waals surface area contributed by atoms with Crippen molar-refractivity contribution in [2.24, 2.45) is 29.2 Å². The number of ether oxygens (including phenoxy) is 2. The normalized spacial score (nSPS) is 25.7. The third kappa shape index (κ3) is 5.24. The van der Waals surface area contributed by atoms with E-state index < -0.39 is 29.9 Å². The predicted octanol–water partition coefficient (Wildman–Crippen LogP) is 2.70. The molecule has 2 aliphatic rings. The van der Waals surface area contributed by atoms with E-state index in [-0.39, 0.29) is 29.7 Å². The Balaban J connectivity index is 1.67. The minimum absolute atomic E-state index is 0.0576. The van der Waals surface area contributed by atoms with Crippen molar-refractivity contribution in [2.75, 3.05) is 20.3 Å². The van der Waals surface area contributed by atoms with Gasteiger partial charge in [-0.1, -0.05) is 18.8 Å². The van der Waals surface area contributed by atoms with Crippen molar-refractivity contribution in [1.29, 1.82) is 0 Å². The van der Waals surface area contributed by atoms with Crippen LogP contribution >= 0.6 is 0 Å². The Morgan fingerprint density at radius 3 is 2.64 bits per heavy atom. The van der Waals surface area contributed by atoms with Crippen LogP contribution in [0.15, 0.2) is 18.3 Å². The molecule has 9 heteroatoms. The molecule has 1 aliphatic carbocycles. The van der Waals surface area contributed by atoms with Gasteiger partial charge in [-0.05, 0) is 56.7 Å². The number of methoxy groups -OCH3 is 1. The zero-order valence-corrected chi connectivity index (χ0v) is 20.7. The van der Waals surface area contributed by atoms with Crippen molar-refractivity contribution in [3.05, 3.63) is 29.5 Å². The number of hydrogen-bond acceptors (Lipinski definition) is 6. The van der Waals surface area contributed by atoms with Crippen LogP contribution in [0.25, 0.3) is 10.8 Å². The quantitative estimate of drug-likeness (QED) is 0.506. The number of benzene rings is 1. The summed E-state index contributed by atoms with van der Waals surface area (Å²) < 4.78 is 25.6. The highest BCUT2D eigenvalue weighted by molar-refractivity contribution is 6.03. The highest BCUT2D eigenvalue weighted by Gasteiger charge is 2.41. The van der Waals surface area contributed by atoms with E-state index in [1.165, 1.54) is 7.11 Å². The molecule has 0 unspecified atom stereocenters. The number of hydrogen-bond donors (Lipinski definition) is 3. The number of fused-ring (bicyclic) bond motifs is 1. The van der Waals surface area contributed by atoms with Gasteiger partial charge in [-0.3, -0.25) is 9.59 Å². The molecule has 1 saturated carbocycles. The number of nitrogens with two attached hydrogens (primary N) is 2. The first kappa shape index (κ1) is 25.7. The molecule has 1 saturated heterocycles. The fourth-order valence-electron chi connectivity index (χ4n) is 5.13. The van der Waals surface area contributed by atoms with Crippen molar-refractivity contribution in [2.45, 2.75) is 51.2 Å². The number of rotatable bonds is 7. The Morgan fingerprint density at radius 2 is 2.00 bits per heavy atom. The molecule has 5 N–H and O–H groups in total. The molecular formula is C27H33FN4O4. The first-order valence-corrected chi connectivity index (χ1v) is 12.5. The van der Waals surface area contributed by atoms with Gasteiger partial charge < -0.3 is 26.3 Å². The van der Waals surface area contributed by atoms with Gasteiger partial charge in [0.1, 0.15) is 12.4 Å². The number of pyridine rings is 1. The smallest absolute Gasteiger partial charge is 0.255 e. The molecule has 0 bridgehead atoms. The van der Waals surface area contributed by atoms with Crippen molar-refractivity contribution in [3.63, 3.8) is 0 Å². The second-order valence-electron chi connectivity index (χ2n) is 9.56. The Morgan fingerprint density at radius 1 is 1.25 bits per heavy atom. The lowest BCUT2D eigenvalue weighted by Crippen LogP contribution is -2.34. The van der Waals surface area contributed by atoms with Crippen molar-refractivity contribution < 1.29 is 23.5 Å². The van der Waals surface area contributed by atoms with Crippen LogP contribution in [0.2, 0.25) is 0 Å². The molecule has 1 aromatic heterocycles. The summed E-state index contributed by atoms with van der Waals surface area (Å²) >= 11 is 0. The molecule has 2 fully saturated rings. The number of amides is 2. The lowest BCUT2D eigenvalue weighted by Gasteiger charge is -2.24. The first-order chi connectivity index (χ1) is 17.4. The molecule has 192 valence electrons. The Kier molecular flexibility index (Phi) is 7.94. The lowest BCUT2D eigenvalue weighted by atomic mass is 9.82. The van der Waals surface area contributed by atoms with E-state index in [1.54, 1.807) is 18.3 Å². The summed E-state index contributed by atoms with van der Waals surface area (Å²) in [7, 11) is 1.45. The predicted molar refractivity (Wildman–Crippen MR) is 134 cm³/mol. The highest BCUT2D eigenvalue weighted by Crippen LogP contribution is 2.34. The Hall–Kier alpha value is -3.38. The zero-order chi connectivity index (χ0) is 25.8. The van der Waals surface area contributed by atoms with E-state index in [2.05, 4.69) is 22.1 Å². The average Bonchev–Trinajstić information content (AvgIpc) is 3.17. The molecular weight excluding hydrogens is 463 g/mol. The number of halogens is 1. The van der Waals surface area contributed by atoms with E-state index in [4.69, 9.17) is 20.9 Å². The summed E-state index contributed by atoms with van der Waals surface area (Å²) in [6.45, 7) is 2.61. The Labute approximate surface area is 210 Å². The molecule has 3 atom stereocenters. The largest absolute Gasteiger partial charge is 0.496 e. The van der Waals surface area contributed by atoms with Crippen LogP contribution in [0.5, 0.6) is 11.6 Å². The topological polar surface area (TPSA) is 130 Å². The highest BCUT2D eigenvalue weighted by atomic mass is 19.1. The minimum Gasteiger partial charge on any atom is -0.496 e. The van der Waals surface area contributed by atoms with Gasteiger partial charge in [-0.2, -0.15) is 0 Å². The van der Waals surface area contributed by atoms with Gasteiger partial charge >= 0.3 is 0 Å². The van der Waals surface area contributed by atoms with Crippen LogP contribution in [0.4, 0.5) is 4.39 Å². The van der Waals surface area contributed by atoms with Gasteiger partial charge in [0.2, 0.25) is 5.88 Å². The van der Waals surface area contributed by atoms with Crippen molar-refractivity contribution in [1.82, 2.24) is 10.3 Å². The molecule has 36 heavy (non-hydrogen) atoms. The number of carbonyl (C=O) groups excluding carboxylic acids is 2. The number of aromatic nitrogens is 1. The molecule has 0 radical (unpaired) electrons. The lowest BCUT2D eigenvalue weighted by molar-refractivity contribution is -0.123. The van der Waals surface area contributed by atoms with E-state index in [1.807, 2.05) is 6.92 Å². The summed E-state index contributed by atoms with van der Waals surface area (Å²) in [4.78, 5) is 28.4. The summed E-state index contributed by atoms with van der Waals surface area (Å²) in [5.41, 5.74) is 12.3.